The molecule has 0 fully saturated rings. The number of quaternary nitrogens is 2. The van der Waals surface area contributed by atoms with E-state index in [2.05, 4.69) is 49.6 Å². The number of hydrogen-bond donors (Lipinski definition) is 2. The highest BCUT2D eigenvalue weighted by atomic mass is 16.4. The smallest absolute Gasteiger partial charge is 0.107 e. The third kappa shape index (κ3) is 8.16. The van der Waals surface area contributed by atoms with Crippen LogP contribution in [-0.4, -0.2) is 11.9 Å². The number of benzene rings is 4. The highest BCUT2D eigenvalue weighted by Gasteiger charge is 2.00. The van der Waals surface area contributed by atoms with Crippen LogP contribution in [0.15, 0.2) is 97.1 Å². The zero-order chi connectivity index (χ0) is 25.1. The van der Waals surface area contributed by atoms with Gasteiger partial charge in [0.2, 0.25) is 0 Å². The van der Waals surface area contributed by atoms with Crippen molar-refractivity contribution in [2.45, 2.75) is 25.9 Å². The predicted molar refractivity (Wildman–Crippen MR) is 128 cm³/mol. The maximum absolute atomic E-state index is 10.6. The molecule has 176 valence electrons. The van der Waals surface area contributed by atoms with Gasteiger partial charge in [0.25, 0.3) is 0 Å². The van der Waals surface area contributed by atoms with Crippen molar-refractivity contribution in [3.63, 3.8) is 0 Å². The highest BCUT2D eigenvalue weighted by Crippen LogP contribution is 2.17. The van der Waals surface area contributed by atoms with Crippen LogP contribution in [0, 0.1) is 0 Å². The fourth-order valence-electron chi connectivity index (χ4n) is 3.06. The zero-order valence-corrected chi connectivity index (χ0v) is 19.4. The normalized spacial score (nSPS) is 11.8. The molecule has 4 rings (SSSR count). The van der Waals surface area contributed by atoms with E-state index in [9.17, 15) is 19.8 Å². The Hall–Kier alpha value is -4.00. The zero-order valence-electron chi connectivity index (χ0n) is 19.4. The number of carbonyl (C=O) groups excluding carboxylic acids is 2. The molecule has 0 heterocycles. The molecule has 0 radical (unpaired) electrons. The van der Waals surface area contributed by atoms with Gasteiger partial charge in [0.15, 0.2) is 0 Å². The fraction of sp³-hybridized carbons (Fsp3) is 0.143. The Morgan fingerprint density at radius 2 is 0.912 bits per heavy atom. The minimum absolute atomic E-state index is 0.0636. The summed E-state index contributed by atoms with van der Waals surface area (Å²) in [4.78, 5) is 21.2. The number of carboxylic acid groups (broad SMARTS) is 2. The molecule has 34 heavy (non-hydrogen) atoms. The molecule has 0 aliphatic carbocycles. The Bertz CT molecular complexity index is 1110. The number of hydrogen-bond acceptors (Lipinski definition) is 4. The topological polar surface area (TPSA) is 136 Å². The number of carbonyl (C=O) groups is 2. The van der Waals surface area contributed by atoms with Crippen molar-refractivity contribution in [2.75, 3.05) is 0 Å². The van der Waals surface area contributed by atoms with Crippen LogP contribution in [0.25, 0.3) is 10.8 Å². The molecule has 0 amide bonds. The minimum atomic E-state index is -1.26. The Morgan fingerprint density at radius 1 is 0.588 bits per heavy atom. The number of rotatable bonds is 4. The van der Waals surface area contributed by atoms with E-state index in [1.165, 1.54) is 47.5 Å². The molecule has 0 bridgehead atoms. The highest BCUT2D eigenvalue weighted by molar-refractivity contribution is 5.97. The maximum atomic E-state index is 10.6. The van der Waals surface area contributed by atoms with Crippen LogP contribution in [0.1, 0.15) is 57.8 Å². The monoisotopic (exact) mass is 458 g/mol. The summed E-state index contributed by atoms with van der Waals surface area (Å²) in [6.45, 7) is 4.19. The molecule has 0 aliphatic heterocycles. The quantitative estimate of drug-likeness (QED) is 0.479. The molecular weight excluding hydrogens is 428 g/mol. The first-order chi connectivity index (χ1) is 16.2. The van der Waals surface area contributed by atoms with Gasteiger partial charge in [-0.15, -0.1) is 0 Å². The molecule has 2 atom stereocenters. The van der Waals surface area contributed by atoms with E-state index in [1.807, 2.05) is 36.4 Å². The molecular formula is C28H30N2O4. The second-order valence-corrected chi connectivity index (χ2v) is 7.98. The molecule has 0 spiro atoms. The predicted octanol–water partition coefficient (Wildman–Crippen LogP) is 1.55. The Kier molecular flexibility index (Phi) is 9.95. The van der Waals surface area contributed by atoms with Crippen molar-refractivity contribution in [3.05, 3.63) is 119 Å². The molecule has 0 saturated carbocycles. The average Bonchev–Trinajstić information content (AvgIpc) is 2.85. The van der Waals surface area contributed by atoms with Gasteiger partial charge in [0.1, 0.15) is 12.1 Å². The molecule has 0 unspecified atom stereocenters. The van der Waals surface area contributed by atoms with Gasteiger partial charge >= 0.3 is 0 Å². The lowest BCUT2D eigenvalue weighted by molar-refractivity contribution is -0.420. The van der Waals surface area contributed by atoms with Crippen molar-refractivity contribution in [1.82, 2.24) is 0 Å². The third-order valence-electron chi connectivity index (χ3n) is 5.05. The van der Waals surface area contributed by atoms with Crippen molar-refractivity contribution in [3.8, 4) is 0 Å². The van der Waals surface area contributed by atoms with Crippen LogP contribution < -0.4 is 21.7 Å². The van der Waals surface area contributed by atoms with Gasteiger partial charge in [-0.3, -0.25) is 0 Å². The number of carboxylic acids is 2. The van der Waals surface area contributed by atoms with Gasteiger partial charge in [-0.25, -0.2) is 0 Å². The molecule has 0 aromatic heterocycles. The summed E-state index contributed by atoms with van der Waals surface area (Å²) in [5.74, 6) is -2.52. The summed E-state index contributed by atoms with van der Waals surface area (Å²) >= 11 is 0. The molecule has 6 heteroatoms. The largest absolute Gasteiger partial charge is 0.545 e. The van der Waals surface area contributed by atoms with Crippen LogP contribution in [0.5, 0.6) is 0 Å². The van der Waals surface area contributed by atoms with Gasteiger partial charge in [0, 0.05) is 11.1 Å². The van der Waals surface area contributed by atoms with E-state index >= 15 is 0 Å². The van der Waals surface area contributed by atoms with E-state index in [1.54, 1.807) is 0 Å². The fourth-order valence-corrected chi connectivity index (χ4v) is 3.06. The average molecular weight is 459 g/mol. The lowest BCUT2D eigenvalue weighted by Gasteiger charge is -2.07. The van der Waals surface area contributed by atoms with Crippen LogP contribution in [0.3, 0.4) is 0 Å². The molecule has 6 nitrogen and oxygen atoms in total. The summed E-state index contributed by atoms with van der Waals surface area (Å²) < 4.78 is 0. The number of fused-ring (bicyclic) bond motifs is 1. The summed E-state index contributed by atoms with van der Waals surface area (Å²) in [5.41, 5.74) is 10.6. The van der Waals surface area contributed by atoms with E-state index < -0.39 is 11.9 Å². The van der Waals surface area contributed by atoms with E-state index in [-0.39, 0.29) is 11.1 Å². The molecule has 6 N–H and O–H groups in total. The van der Waals surface area contributed by atoms with Crippen molar-refractivity contribution >= 4 is 22.7 Å². The second kappa shape index (κ2) is 12.9. The van der Waals surface area contributed by atoms with Gasteiger partial charge in [-0.05, 0) is 47.9 Å². The number of aromatic carboxylic acids is 2. The van der Waals surface area contributed by atoms with Crippen LogP contribution in [0.4, 0.5) is 0 Å². The van der Waals surface area contributed by atoms with Gasteiger partial charge in [-0.2, -0.15) is 0 Å². The van der Waals surface area contributed by atoms with E-state index in [0.717, 1.165) is 0 Å². The van der Waals surface area contributed by atoms with Crippen molar-refractivity contribution in [1.29, 1.82) is 0 Å². The SMILES string of the molecule is C[C@H]([NH3+])c1ccccc1.C[C@H]([NH3+])c1ccccc1.O=C([O-])c1ccc2cc(C(=O)[O-])ccc2c1. The Morgan fingerprint density at radius 3 is 1.15 bits per heavy atom. The molecule has 0 aliphatic rings. The van der Waals surface area contributed by atoms with Crippen LogP contribution in [0.2, 0.25) is 0 Å². The molecule has 0 saturated heterocycles. The van der Waals surface area contributed by atoms with E-state index in [0.29, 0.717) is 22.9 Å². The van der Waals surface area contributed by atoms with Crippen LogP contribution in [-0.2, 0) is 0 Å². The third-order valence-corrected chi connectivity index (χ3v) is 5.05. The summed E-state index contributed by atoms with van der Waals surface area (Å²) in [6.07, 6.45) is 0. The lowest BCUT2D eigenvalue weighted by atomic mass is 10.0. The van der Waals surface area contributed by atoms with Crippen molar-refractivity contribution in [2.24, 2.45) is 0 Å². The standard InChI is InChI=1S/C12H8O4.2C8H11N/c13-11(14)9-3-1-7-5-10(12(15)16)4-2-8(7)6-9;2*1-7(9)8-5-3-2-4-6-8/h1-6H,(H,13,14)(H,15,16);2*2-7H,9H2,1H3/t;2*7-/m.00/s1. The first-order valence-corrected chi connectivity index (χ1v) is 10.9. The Labute approximate surface area is 199 Å². The summed E-state index contributed by atoms with van der Waals surface area (Å²) in [7, 11) is 0. The molecule has 4 aromatic rings. The van der Waals surface area contributed by atoms with Gasteiger partial charge < -0.3 is 31.3 Å². The lowest BCUT2D eigenvalue weighted by Crippen LogP contribution is -2.51. The maximum Gasteiger partial charge on any atom is 0.107 e. The minimum Gasteiger partial charge on any atom is -0.545 e. The van der Waals surface area contributed by atoms with Crippen LogP contribution >= 0.6 is 0 Å². The van der Waals surface area contributed by atoms with Gasteiger partial charge in [-0.1, -0.05) is 84.9 Å². The first kappa shape index (κ1) is 26.3. The van der Waals surface area contributed by atoms with Crippen molar-refractivity contribution < 1.29 is 31.3 Å². The first-order valence-electron chi connectivity index (χ1n) is 10.9. The van der Waals surface area contributed by atoms with Gasteiger partial charge in [0.05, 0.1) is 11.9 Å². The second-order valence-electron chi connectivity index (χ2n) is 7.98. The molecule has 4 aromatic carbocycles. The Balaban J connectivity index is 0.000000194. The summed E-state index contributed by atoms with van der Waals surface area (Å²) in [6, 6.07) is 30.1. The van der Waals surface area contributed by atoms with E-state index in [4.69, 9.17) is 0 Å². The summed E-state index contributed by atoms with van der Waals surface area (Å²) in [5, 5.41) is 22.5.